The number of aromatic nitrogens is 2. The summed E-state index contributed by atoms with van der Waals surface area (Å²) in [6.45, 7) is 2.18. The molecule has 1 aromatic heterocycles. The van der Waals surface area contributed by atoms with Gasteiger partial charge in [-0.25, -0.2) is 4.79 Å². The summed E-state index contributed by atoms with van der Waals surface area (Å²) >= 11 is 0. The first kappa shape index (κ1) is 23.9. The molecule has 0 aliphatic carbocycles. The van der Waals surface area contributed by atoms with Crippen molar-refractivity contribution in [1.82, 2.24) is 9.55 Å². The average molecular weight is 444 g/mol. The van der Waals surface area contributed by atoms with Crippen LogP contribution in [-0.2, 0) is 25.4 Å². The number of unbranched alkanes of at least 4 members (excludes halogenated alkanes) is 3. The zero-order valence-corrected chi connectivity index (χ0v) is 18.7. The first-order valence-corrected chi connectivity index (χ1v) is 11.4. The van der Waals surface area contributed by atoms with Crippen molar-refractivity contribution in [2.45, 2.75) is 64.4 Å². The number of nitrogen functional groups attached to an aromatic ring is 1. The maximum absolute atomic E-state index is 12.5. The third-order valence-electron chi connectivity index (χ3n) is 5.69. The molecule has 174 valence electrons. The number of nitrogens with zero attached hydrogens (tertiary/aromatic N) is 2. The third kappa shape index (κ3) is 7.17. The number of carbonyl (C=O) groups excluding carboxylic acids is 1. The van der Waals surface area contributed by atoms with Crippen molar-refractivity contribution in [3.63, 3.8) is 0 Å². The summed E-state index contributed by atoms with van der Waals surface area (Å²) in [7, 11) is 0. The Balaban J connectivity index is 1.32. The van der Waals surface area contributed by atoms with Crippen molar-refractivity contribution < 1.29 is 19.0 Å². The van der Waals surface area contributed by atoms with Gasteiger partial charge in [-0.1, -0.05) is 56.5 Å². The smallest absolute Gasteiger partial charge is 0.351 e. The van der Waals surface area contributed by atoms with E-state index in [2.05, 4.69) is 29.2 Å². The quantitative estimate of drug-likeness (QED) is 0.395. The molecule has 0 bridgehead atoms. The molecule has 1 aromatic carbocycles. The van der Waals surface area contributed by atoms with E-state index in [0.717, 1.165) is 44.9 Å². The second kappa shape index (κ2) is 12.4. The Morgan fingerprint density at radius 2 is 2.00 bits per heavy atom. The molecule has 0 radical (unpaired) electrons. The highest BCUT2D eigenvalue weighted by molar-refractivity contribution is 5.72. The van der Waals surface area contributed by atoms with E-state index in [9.17, 15) is 9.59 Å². The second-order valence-electron chi connectivity index (χ2n) is 8.07. The van der Waals surface area contributed by atoms with E-state index < -0.39 is 18.2 Å². The molecule has 1 unspecified atom stereocenters. The SMILES string of the molecule is CCC(CCCCCCc1ccccc1)C(=O)OC[C@H]1OC[C@@H](n2ccc(N)nc2=O)O1. The molecule has 0 saturated carbocycles. The Morgan fingerprint density at radius 1 is 1.22 bits per heavy atom. The molecule has 1 aliphatic rings. The predicted molar refractivity (Wildman–Crippen MR) is 121 cm³/mol. The van der Waals surface area contributed by atoms with Crippen LogP contribution in [-0.4, -0.2) is 35.0 Å². The van der Waals surface area contributed by atoms with Gasteiger partial charge in [0.2, 0.25) is 0 Å². The maximum atomic E-state index is 12.5. The van der Waals surface area contributed by atoms with Crippen molar-refractivity contribution in [3.05, 3.63) is 58.6 Å². The lowest BCUT2D eigenvalue weighted by Crippen LogP contribution is -2.29. The highest BCUT2D eigenvalue weighted by Crippen LogP contribution is 2.21. The number of aryl methyl sites for hydroxylation is 1. The molecule has 1 saturated heterocycles. The van der Waals surface area contributed by atoms with Crippen molar-refractivity contribution in [1.29, 1.82) is 0 Å². The minimum absolute atomic E-state index is 0.0000600. The van der Waals surface area contributed by atoms with Crippen molar-refractivity contribution in [2.24, 2.45) is 5.92 Å². The van der Waals surface area contributed by atoms with Crippen LogP contribution in [0.1, 0.15) is 57.2 Å². The molecular formula is C24H33N3O5. The van der Waals surface area contributed by atoms with Crippen LogP contribution in [0.15, 0.2) is 47.4 Å². The maximum Gasteiger partial charge on any atom is 0.351 e. The lowest BCUT2D eigenvalue weighted by Gasteiger charge is -2.17. The third-order valence-corrected chi connectivity index (χ3v) is 5.69. The number of ether oxygens (including phenoxy) is 3. The Labute approximate surface area is 188 Å². The zero-order valence-electron chi connectivity index (χ0n) is 18.7. The standard InChI is InChI=1S/C24H33N3O5/c1-2-19(13-9-4-3-6-10-18-11-7-5-8-12-18)23(28)31-17-22-30-16-21(32-22)27-15-14-20(25)26-24(27)29/h5,7-8,11-12,14-15,19,21-22H,2-4,6,9-10,13,16-17H2,1H3,(H2,25,26,29)/t19?,21-,22-/m0/s1. The molecule has 32 heavy (non-hydrogen) atoms. The summed E-state index contributed by atoms with van der Waals surface area (Å²) in [4.78, 5) is 28.1. The van der Waals surface area contributed by atoms with Gasteiger partial charge in [0.1, 0.15) is 12.4 Å². The van der Waals surface area contributed by atoms with E-state index in [4.69, 9.17) is 19.9 Å². The molecule has 0 amide bonds. The van der Waals surface area contributed by atoms with Crippen LogP contribution in [0.2, 0.25) is 0 Å². The lowest BCUT2D eigenvalue weighted by atomic mass is 9.97. The fourth-order valence-electron chi connectivity index (χ4n) is 3.80. The van der Waals surface area contributed by atoms with E-state index >= 15 is 0 Å². The summed E-state index contributed by atoms with van der Waals surface area (Å²) in [6, 6.07) is 12.0. The summed E-state index contributed by atoms with van der Waals surface area (Å²) in [6.07, 6.45) is 7.29. The fourth-order valence-corrected chi connectivity index (χ4v) is 3.80. The van der Waals surface area contributed by atoms with Gasteiger partial charge in [-0.2, -0.15) is 4.98 Å². The number of hydrogen-bond acceptors (Lipinski definition) is 7. The molecular weight excluding hydrogens is 410 g/mol. The van der Waals surface area contributed by atoms with Crippen LogP contribution in [0.4, 0.5) is 5.82 Å². The van der Waals surface area contributed by atoms with Crippen LogP contribution in [0.3, 0.4) is 0 Å². The normalized spacial score (nSPS) is 19.0. The number of esters is 1. The molecule has 3 atom stereocenters. The molecule has 8 nitrogen and oxygen atoms in total. The first-order valence-electron chi connectivity index (χ1n) is 11.4. The molecule has 8 heteroatoms. The van der Waals surface area contributed by atoms with Crippen LogP contribution >= 0.6 is 0 Å². The minimum Gasteiger partial charge on any atom is -0.460 e. The topological polar surface area (TPSA) is 106 Å². The van der Waals surface area contributed by atoms with Gasteiger partial charge < -0.3 is 19.9 Å². The number of rotatable bonds is 12. The zero-order chi connectivity index (χ0) is 22.8. The van der Waals surface area contributed by atoms with Crippen LogP contribution in [0, 0.1) is 5.92 Å². The number of carbonyl (C=O) groups is 1. The Bertz CT molecular complexity index is 902. The van der Waals surface area contributed by atoms with Crippen molar-refractivity contribution in [3.8, 4) is 0 Å². The molecule has 2 aromatic rings. The predicted octanol–water partition coefficient (Wildman–Crippen LogP) is 3.46. The van der Waals surface area contributed by atoms with Crippen LogP contribution < -0.4 is 11.4 Å². The molecule has 2 heterocycles. The van der Waals surface area contributed by atoms with E-state index in [-0.39, 0.29) is 30.9 Å². The summed E-state index contributed by atoms with van der Waals surface area (Å²) in [5, 5.41) is 0. The Kier molecular flexibility index (Phi) is 9.25. The summed E-state index contributed by atoms with van der Waals surface area (Å²) in [5.41, 5.74) is 6.37. The van der Waals surface area contributed by atoms with E-state index in [1.54, 1.807) is 0 Å². The van der Waals surface area contributed by atoms with Crippen LogP contribution in [0.5, 0.6) is 0 Å². The van der Waals surface area contributed by atoms with Gasteiger partial charge in [-0.3, -0.25) is 9.36 Å². The van der Waals surface area contributed by atoms with E-state index in [1.165, 1.54) is 22.4 Å². The van der Waals surface area contributed by atoms with Gasteiger partial charge in [0.25, 0.3) is 0 Å². The number of nitrogens with two attached hydrogens (primary N) is 1. The lowest BCUT2D eigenvalue weighted by molar-refractivity contribution is -0.164. The van der Waals surface area contributed by atoms with Gasteiger partial charge in [0, 0.05) is 6.20 Å². The molecule has 1 aliphatic heterocycles. The molecule has 1 fully saturated rings. The number of anilines is 1. The Morgan fingerprint density at radius 3 is 2.75 bits per heavy atom. The fraction of sp³-hybridized carbons (Fsp3) is 0.542. The van der Waals surface area contributed by atoms with Gasteiger partial charge in [0.05, 0.1) is 12.5 Å². The highest BCUT2D eigenvalue weighted by atomic mass is 16.7. The van der Waals surface area contributed by atoms with Gasteiger partial charge in [0.15, 0.2) is 12.5 Å². The molecule has 0 spiro atoms. The monoisotopic (exact) mass is 443 g/mol. The first-order chi connectivity index (χ1) is 15.6. The summed E-state index contributed by atoms with van der Waals surface area (Å²) < 4.78 is 17.9. The minimum atomic E-state index is -0.705. The van der Waals surface area contributed by atoms with Gasteiger partial charge in [-0.05, 0) is 37.3 Å². The van der Waals surface area contributed by atoms with E-state index in [1.807, 2.05) is 13.0 Å². The second-order valence-corrected chi connectivity index (χ2v) is 8.07. The number of benzene rings is 1. The average Bonchev–Trinajstić information content (AvgIpc) is 3.26. The van der Waals surface area contributed by atoms with Gasteiger partial charge >= 0.3 is 11.7 Å². The van der Waals surface area contributed by atoms with E-state index in [0.29, 0.717) is 0 Å². The van der Waals surface area contributed by atoms with Crippen LogP contribution in [0.25, 0.3) is 0 Å². The highest BCUT2D eigenvalue weighted by Gasteiger charge is 2.30. The summed E-state index contributed by atoms with van der Waals surface area (Å²) in [5.74, 6) is -0.193. The molecule has 3 rings (SSSR count). The van der Waals surface area contributed by atoms with Gasteiger partial charge in [-0.15, -0.1) is 0 Å². The largest absolute Gasteiger partial charge is 0.460 e. The Hall–Kier alpha value is -2.71. The van der Waals surface area contributed by atoms with Crippen molar-refractivity contribution >= 4 is 11.8 Å². The number of hydrogen-bond donors (Lipinski definition) is 1. The van der Waals surface area contributed by atoms with Crippen molar-refractivity contribution in [2.75, 3.05) is 18.9 Å². The molecule has 2 N–H and O–H groups in total.